The van der Waals surface area contributed by atoms with Crippen molar-refractivity contribution in [1.29, 1.82) is 0 Å². The van der Waals surface area contributed by atoms with Crippen molar-refractivity contribution >= 4 is 17.5 Å². The Hall–Kier alpha value is -2.00. The van der Waals surface area contributed by atoms with Crippen LogP contribution in [0.25, 0.3) is 0 Å². The molecule has 0 atom stereocenters. The van der Waals surface area contributed by atoms with E-state index in [0.29, 0.717) is 28.9 Å². The van der Waals surface area contributed by atoms with Gasteiger partial charge in [-0.2, -0.15) is 0 Å². The zero-order chi connectivity index (χ0) is 17.5. The molecule has 1 fully saturated rings. The van der Waals surface area contributed by atoms with Gasteiger partial charge in [0.15, 0.2) is 0 Å². The van der Waals surface area contributed by atoms with Crippen LogP contribution in [0.5, 0.6) is 5.75 Å². The Balaban J connectivity index is 1.59. The Morgan fingerprint density at radius 1 is 1.04 bits per heavy atom. The molecule has 0 spiro atoms. The SMILES string of the molecule is O=C(NCC1CCCCC1)c1ccccc1OCc1ccc(Cl)cc1. The lowest BCUT2D eigenvalue weighted by Crippen LogP contribution is -2.30. The third-order valence-corrected chi connectivity index (χ3v) is 4.97. The van der Waals surface area contributed by atoms with E-state index in [-0.39, 0.29) is 5.91 Å². The van der Waals surface area contributed by atoms with E-state index in [2.05, 4.69) is 5.32 Å². The lowest BCUT2D eigenvalue weighted by atomic mass is 9.89. The number of carbonyl (C=O) groups is 1. The van der Waals surface area contributed by atoms with E-state index in [9.17, 15) is 4.79 Å². The Labute approximate surface area is 154 Å². The van der Waals surface area contributed by atoms with Crippen LogP contribution in [0.15, 0.2) is 48.5 Å². The van der Waals surface area contributed by atoms with Gasteiger partial charge in [-0.05, 0) is 48.6 Å². The van der Waals surface area contributed by atoms with Crippen LogP contribution in [-0.2, 0) is 6.61 Å². The first-order chi connectivity index (χ1) is 12.2. The van der Waals surface area contributed by atoms with Crippen molar-refractivity contribution in [2.75, 3.05) is 6.54 Å². The van der Waals surface area contributed by atoms with Crippen LogP contribution in [0, 0.1) is 5.92 Å². The molecule has 2 aromatic rings. The average molecular weight is 358 g/mol. The van der Waals surface area contributed by atoms with Crippen LogP contribution in [0.2, 0.25) is 5.02 Å². The van der Waals surface area contributed by atoms with Gasteiger partial charge in [-0.3, -0.25) is 4.79 Å². The maximum Gasteiger partial charge on any atom is 0.255 e. The summed E-state index contributed by atoms with van der Waals surface area (Å²) in [6, 6.07) is 14.9. The zero-order valence-electron chi connectivity index (χ0n) is 14.3. The molecule has 4 heteroatoms. The molecule has 132 valence electrons. The number of para-hydroxylation sites is 1. The molecule has 3 rings (SSSR count). The van der Waals surface area contributed by atoms with Gasteiger partial charge in [0.1, 0.15) is 12.4 Å². The van der Waals surface area contributed by atoms with Crippen LogP contribution >= 0.6 is 11.6 Å². The van der Waals surface area contributed by atoms with Crippen LogP contribution in [0.1, 0.15) is 48.0 Å². The minimum atomic E-state index is -0.0581. The summed E-state index contributed by atoms with van der Waals surface area (Å²) in [7, 11) is 0. The first kappa shape index (κ1) is 17.8. The fourth-order valence-electron chi connectivity index (χ4n) is 3.25. The summed E-state index contributed by atoms with van der Waals surface area (Å²) >= 11 is 5.90. The highest BCUT2D eigenvalue weighted by molar-refractivity contribution is 6.30. The fraction of sp³-hybridized carbons (Fsp3) is 0.381. The highest BCUT2D eigenvalue weighted by Gasteiger charge is 2.17. The van der Waals surface area contributed by atoms with Gasteiger partial charge < -0.3 is 10.1 Å². The molecule has 0 unspecified atom stereocenters. The van der Waals surface area contributed by atoms with Gasteiger partial charge in [-0.15, -0.1) is 0 Å². The van der Waals surface area contributed by atoms with E-state index in [0.717, 1.165) is 12.1 Å². The second-order valence-corrected chi connectivity index (χ2v) is 7.06. The summed E-state index contributed by atoms with van der Waals surface area (Å²) in [5.74, 6) is 1.16. The number of benzene rings is 2. The quantitative estimate of drug-likeness (QED) is 0.768. The van der Waals surface area contributed by atoms with Gasteiger partial charge in [0, 0.05) is 11.6 Å². The van der Waals surface area contributed by atoms with Crippen molar-refractivity contribution in [1.82, 2.24) is 5.32 Å². The number of amides is 1. The number of hydrogen-bond acceptors (Lipinski definition) is 2. The van der Waals surface area contributed by atoms with Gasteiger partial charge >= 0.3 is 0 Å². The van der Waals surface area contributed by atoms with Gasteiger partial charge in [0.2, 0.25) is 0 Å². The van der Waals surface area contributed by atoms with Crippen molar-refractivity contribution < 1.29 is 9.53 Å². The molecule has 1 N–H and O–H groups in total. The van der Waals surface area contributed by atoms with E-state index in [1.807, 2.05) is 48.5 Å². The monoisotopic (exact) mass is 357 g/mol. The largest absolute Gasteiger partial charge is 0.488 e. The molecule has 0 radical (unpaired) electrons. The minimum absolute atomic E-state index is 0.0581. The van der Waals surface area contributed by atoms with Crippen LogP contribution in [0.3, 0.4) is 0 Å². The molecular formula is C21H24ClNO2. The molecule has 1 saturated carbocycles. The first-order valence-corrected chi connectivity index (χ1v) is 9.34. The van der Waals surface area contributed by atoms with E-state index in [1.165, 1.54) is 32.1 Å². The Bertz CT molecular complexity index is 693. The van der Waals surface area contributed by atoms with E-state index in [1.54, 1.807) is 0 Å². The Kier molecular flexibility index (Phi) is 6.35. The van der Waals surface area contributed by atoms with Crippen molar-refractivity contribution in [3.63, 3.8) is 0 Å². The van der Waals surface area contributed by atoms with Crippen molar-refractivity contribution in [2.24, 2.45) is 5.92 Å². The molecule has 25 heavy (non-hydrogen) atoms. The summed E-state index contributed by atoms with van der Waals surface area (Å²) in [5.41, 5.74) is 1.61. The molecule has 0 bridgehead atoms. The van der Waals surface area contributed by atoms with Crippen molar-refractivity contribution in [2.45, 2.75) is 38.7 Å². The average Bonchev–Trinajstić information content (AvgIpc) is 2.67. The standard InChI is InChI=1S/C21H24ClNO2/c22-18-12-10-17(11-13-18)15-25-20-9-5-4-8-19(20)21(24)23-14-16-6-2-1-3-7-16/h4-5,8-13,16H,1-3,6-7,14-15H2,(H,23,24). The van der Waals surface area contributed by atoms with Crippen molar-refractivity contribution in [3.05, 3.63) is 64.7 Å². The van der Waals surface area contributed by atoms with Gasteiger partial charge in [-0.1, -0.05) is 55.1 Å². The Morgan fingerprint density at radius 3 is 2.52 bits per heavy atom. The molecule has 0 aromatic heterocycles. The summed E-state index contributed by atoms with van der Waals surface area (Å²) in [5, 5.41) is 3.78. The second-order valence-electron chi connectivity index (χ2n) is 6.63. The predicted octanol–water partition coefficient (Wildman–Crippen LogP) is 5.23. The Morgan fingerprint density at radius 2 is 1.76 bits per heavy atom. The van der Waals surface area contributed by atoms with Crippen LogP contribution < -0.4 is 10.1 Å². The molecule has 2 aromatic carbocycles. The maximum absolute atomic E-state index is 12.6. The fourth-order valence-corrected chi connectivity index (χ4v) is 3.37. The third kappa shape index (κ3) is 5.23. The van der Waals surface area contributed by atoms with E-state index in [4.69, 9.17) is 16.3 Å². The molecule has 0 aliphatic heterocycles. The van der Waals surface area contributed by atoms with Gasteiger partial charge in [-0.25, -0.2) is 0 Å². The molecule has 1 amide bonds. The summed E-state index contributed by atoms with van der Waals surface area (Å²) < 4.78 is 5.87. The summed E-state index contributed by atoms with van der Waals surface area (Å²) in [6.45, 7) is 1.16. The lowest BCUT2D eigenvalue weighted by molar-refractivity contribution is 0.0939. The predicted molar refractivity (Wildman–Crippen MR) is 101 cm³/mol. The molecule has 1 aliphatic rings. The normalized spacial score (nSPS) is 14.9. The lowest BCUT2D eigenvalue weighted by Gasteiger charge is -2.22. The second kappa shape index (κ2) is 8.91. The van der Waals surface area contributed by atoms with E-state index < -0.39 is 0 Å². The third-order valence-electron chi connectivity index (χ3n) is 4.72. The molecule has 0 saturated heterocycles. The van der Waals surface area contributed by atoms with Gasteiger partial charge in [0.05, 0.1) is 5.56 Å². The zero-order valence-corrected chi connectivity index (χ0v) is 15.1. The summed E-state index contributed by atoms with van der Waals surface area (Å²) in [4.78, 5) is 12.6. The smallest absolute Gasteiger partial charge is 0.255 e. The highest BCUT2D eigenvalue weighted by Crippen LogP contribution is 2.24. The molecule has 0 heterocycles. The molecular weight excluding hydrogens is 334 g/mol. The van der Waals surface area contributed by atoms with Gasteiger partial charge in [0.25, 0.3) is 5.91 Å². The van der Waals surface area contributed by atoms with Crippen molar-refractivity contribution in [3.8, 4) is 5.75 Å². The number of ether oxygens (including phenoxy) is 1. The minimum Gasteiger partial charge on any atom is -0.488 e. The number of rotatable bonds is 6. The molecule has 1 aliphatic carbocycles. The number of halogens is 1. The number of nitrogens with one attached hydrogen (secondary N) is 1. The topological polar surface area (TPSA) is 38.3 Å². The maximum atomic E-state index is 12.6. The van der Waals surface area contributed by atoms with Crippen LogP contribution in [-0.4, -0.2) is 12.5 Å². The molecule has 3 nitrogen and oxygen atoms in total. The summed E-state index contributed by atoms with van der Waals surface area (Å²) in [6.07, 6.45) is 6.32. The number of hydrogen-bond donors (Lipinski definition) is 1. The first-order valence-electron chi connectivity index (χ1n) is 8.97. The van der Waals surface area contributed by atoms with Crippen LogP contribution in [0.4, 0.5) is 0 Å². The highest BCUT2D eigenvalue weighted by atomic mass is 35.5. The number of carbonyl (C=O) groups excluding carboxylic acids is 1. The van der Waals surface area contributed by atoms with E-state index >= 15 is 0 Å².